The molecule has 2 amide bonds. The van der Waals surface area contributed by atoms with Crippen LogP contribution in [0.15, 0.2) is 29.5 Å². The molecule has 0 aromatic carbocycles. The summed E-state index contributed by atoms with van der Waals surface area (Å²) in [6.45, 7) is 6.23. The predicted octanol–water partition coefficient (Wildman–Crippen LogP) is 2.28. The van der Waals surface area contributed by atoms with Gasteiger partial charge in [-0.2, -0.15) is 11.3 Å². The largest absolute Gasteiger partial charge is 0.381 e. The number of urea groups is 1. The lowest BCUT2D eigenvalue weighted by Gasteiger charge is -2.37. The van der Waals surface area contributed by atoms with Crippen molar-refractivity contribution in [3.05, 3.63) is 35.0 Å². The maximum atomic E-state index is 11.7. The van der Waals surface area contributed by atoms with Crippen molar-refractivity contribution in [2.45, 2.75) is 18.3 Å². The van der Waals surface area contributed by atoms with Crippen molar-refractivity contribution in [3.63, 3.8) is 0 Å². The number of rotatable bonds is 5. The number of hydrogen-bond donors (Lipinski definition) is 2. The van der Waals surface area contributed by atoms with E-state index in [0.717, 1.165) is 26.1 Å². The summed E-state index contributed by atoms with van der Waals surface area (Å²) in [5.41, 5.74) is 1.33. The van der Waals surface area contributed by atoms with E-state index in [9.17, 15) is 4.79 Å². The summed E-state index contributed by atoms with van der Waals surface area (Å²) in [7, 11) is 0. The van der Waals surface area contributed by atoms with Gasteiger partial charge in [0.25, 0.3) is 0 Å². The number of hydrogen-bond acceptors (Lipinski definition) is 3. The minimum absolute atomic E-state index is 0.0176. The van der Waals surface area contributed by atoms with Crippen molar-refractivity contribution in [2.75, 3.05) is 26.3 Å². The SMILES string of the molecule is C=CCNC(=O)NCC1(c2ccsc2)CCOCC1. The molecule has 0 saturated carbocycles. The van der Waals surface area contributed by atoms with Gasteiger partial charge in [0.1, 0.15) is 0 Å². The maximum absolute atomic E-state index is 11.7. The highest BCUT2D eigenvalue weighted by Gasteiger charge is 2.35. The van der Waals surface area contributed by atoms with Crippen LogP contribution in [0.25, 0.3) is 0 Å². The number of carbonyl (C=O) groups is 1. The van der Waals surface area contributed by atoms with Gasteiger partial charge in [0, 0.05) is 31.7 Å². The number of nitrogens with one attached hydrogen (secondary N) is 2. The van der Waals surface area contributed by atoms with Gasteiger partial charge in [0.2, 0.25) is 0 Å². The molecule has 2 heterocycles. The minimum atomic E-state index is -0.138. The fourth-order valence-corrected chi connectivity index (χ4v) is 3.15. The third kappa shape index (κ3) is 3.58. The summed E-state index contributed by atoms with van der Waals surface area (Å²) < 4.78 is 5.46. The van der Waals surface area contributed by atoms with Gasteiger partial charge in [0.15, 0.2) is 0 Å². The van der Waals surface area contributed by atoms with E-state index in [2.05, 4.69) is 34.0 Å². The smallest absolute Gasteiger partial charge is 0.315 e. The van der Waals surface area contributed by atoms with Gasteiger partial charge < -0.3 is 15.4 Å². The normalized spacial score (nSPS) is 17.7. The number of carbonyl (C=O) groups excluding carboxylic acids is 1. The molecule has 0 unspecified atom stereocenters. The van der Waals surface area contributed by atoms with E-state index in [1.165, 1.54) is 5.56 Å². The predicted molar refractivity (Wildman–Crippen MR) is 77.6 cm³/mol. The lowest BCUT2D eigenvalue weighted by Crippen LogP contribution is -2.47. The first-order valence-corrected chi connectivity index (χ1v) is 7.44. The average molecular weight is 280 g/mol. The summed E-state index contributed by atoms with van der Waals surface area (Å²) in [6.07, 6.45) is 3.57. The number of amides is 2. The van der Waals surface area contributed by atoms with Crippen molar-refractivity contribution in [2.24, 2.45) is 0 Å². The molecule has 19 heavy (non-hydrogen) atoms. The third-order valence-electron chi connectivity index (χ3n) is 3.58. The molecular formula is C14H20N2O2S. The van der Waals surface area contributed by atoms with Crippen LogP contribution >= 0.6 is 11.3 Å². The molecule has 1 aromatic heterocycles. The Labute approximate surface area is 117 Å². The second-order valence-electron chi connectivity index (χ2n) is 4.76. The van der Waals surface area contributed by atoms with E-state index in [1.807, 2.05) is 0 Å². The summed E-state index contributed by atoms with van der Waals surface area (Å²) in [4.78, 5) is 11.7. The lowest BCUT2D eigenvalue weighted by molar-refractivity contribution is 0.0508. The molecule has 0 aliphatic carbocycles. The standard InChI is InChI=1S/C14H20N2O2S/c1-2-6-15-13(17)16-11-14(4-7-18-8-5-14)12-3-9-19-10-12/h2-3,9-10H,1,4-8,11H2,(H2,15,16,17). The molecule has 0 radical (unpaired) electrons. The van der Waals surface area contributed by atoms with Crippen molar-refractivity contribution < 1.29 is 9.53 Å². The Morgan fingerprint density at radius 1 is 1.47 bits per heavy atom. The van der Waals surface area contributed by atoms with Crippen LogP contribution in [0.4, 0.5) is 4.79 Å². The minimum Gasteiger partial charge on any atom is -0.381 e. The van der Waals surface area contributed by atoms with Crippen LogP contribution < -0.4 is 10.6 Å². The third-order valence-corrected chi connectivity index (χ3v) is 4.26. The van der Waals surface area contributed by atoms with Crippen LogP contribution in [0.1, 0.15) is 18.4 Å². The zero-order chi connectivity index (χ0) is 13.6. The second kappa shape index (κ2) is 6.73. The Balaban J connectivity index is 1.99. The molecule has 0 spiro atoms. The Morgan fingerprint density at radius 3 is 2.89 bits per heavy atom. The maximum Gasteiger partial charge on any atom is 0.315 e. The van der Waals surface area contributed by atoms with Crippen molar-refractivity contribution in [1.29, 1.82) is 0 Å². The summed E-state index contributed by atoms with van der Waals surface area (Å²) in [5.74, 6) is 0. The zero-order valence-electron chi connectivity index (χ0n) is 11.0. The first kappa shape index (κ1) is 14.1. The zero-order valence-corrected chi connectivity index (χ0v) is 11.8. The van der Waals surface area contributed by atoms with E-state index < -0.39 is 0 Å². The molecular weight excluding hydrogens is 260 g/mol. The fourth-order valence-electron chi connectivity index (χ4n) is 2.37. The molecule has 1 aromatic rings. The molecule has 0 atom stereocenters. The van der Waals surface area contributed by atoms with Crippen molar-refractivity contribution >= 4 is 17.4 Å². The van der Waals surface area contributed by atoms with Gasteiger partial charge in [-0.1, -0.05) is 6.08 Å². The van der Waals surface area contributed by atoms with E-state index in [1.54, 1.807) is 17.4 Å². The molecule has 2 rings (SSSR count). The molecule has 2 N–H and O–H groups in total. The summed E-state index contributed by atoms with van der Waals surface area (Å²) >= 11 is 1.70. The Bertz CT molecular complexity index is 411. The van der Waals surface area contributed by atoms with Crippen LogP contribution in [-0.4, -0.2) is 32.3 Å². The van der Waals surface area contributed by atoms with Gasteiger partial charge in [-0.3, -0.25) is 0 Å². The van der Waals surface area contributed by atoms with Gasteiger partial charge in [-0.15, -0.1) is 6.58 Å². The van der Waals surface area contributed by atoms with Crippen molar-refractivity contribution in [3.8, 4) is 0 Å². The van der Waals surface area contributed by atoms with Gasteiger partial charge in [-0.25, -0.2) is 4.79 Å². The monoisotopic (exact) mass is 280 g/mol. The molecule has 4 nitrogen and oxygen atoms in total. The molecule has 1 aliphatic heterocycles. The summed E-state index contributed by atoms with van der Waals surface area (Å²) in [5, 5.41) is 9.97. The quantitative estimate of drug-likeness (QED) is 0.813. The van der Waals surface area contributed by atoms with E-state index in [-0.39, 0.29) is 11.4 Å². The summed E-state index contributed by atoms with van der Waals surface area (Å²) in [6, 6.07) is 2.01. The van der Waals surface area contributed by atoms with Gasteiger partial charge in [0.05, 0.1) is 0 Å². The van der Waals surface area contributed by atoms with Crippen LogP contribution in [-0.2, 0) is 10.2 Å². The first-order valence-electron chi connectivity index (χ1n) is 6.50. The highest BCUT2D eigenvalue weighted by molar-refractivity contribution is 7.08. The average Bonchev–Trinajstić information content (AvgIpc) is 2.98. The van der Waals surface area contributed by atoms with E-state index >= 15 is 0 Å². The van der Waals surface area contributed by atoms with Crippen LogP contribution in [0.2, 0.25) is 0 Å². The molecule has 1 fully saturated rings. The topological polar surface area (TPSA) is 50.4 Å². The first-order chi connectivity index (χ1) is 9.27. The number of thiophene rings is 1. The lowest BCUT2D eigenvalue weighted by atomic mass is 9.75. The molecule has 104 valence electrons. The number of ether oxygens (including phenoxy) is 1. The van der Waals surface area contributed by atoms with Crippen LogP contribution in [0.3, 0.4) is 0 Å². The Kier molecular flexibility index (Phi) is 4.99. The van der Waals surface area contributed by atoms with E-state index in [0.29, 0.717) is 13.1 Å². The van der Waals surface area contributed by atoms with Crippen LogP contribution in [0, 0.1) is 0 Å². The van der Waals surface area contributed by atoms with Gasteiger partial charge >= 0.3 is 6.03 Å². The fraction of sp³-hybridized carbons (Fsp3) is 0.500. The van der Waals surface area contributed by atoms with E-state index in [4.69, 9.17) is 4.74 Å². The second-order valence-corrected chi connectivity index (χ2v) is 5.54. The van der Waals surface area contributed by atoms with Crippen molar-refractivity contribution in [1.82, 2.24) is 10.6 Å². The Hall–Kier alpha value is -1.33. The molecule has 0 bridgehead atoms. The molecule has 1 aliphatic rings. The highest BCUT2D eigenvalue weighted by Crippen LogP contribution is 2.35. The molecule has 5 heteroatoms. The Morgan fingerprint density at radius 2 is 2.26 bits per heavy atom. The highest BCUT2D eigenvalue weighted by atomic mass is 32.1. The van der Waals surface area contributed by atoms with Gasteiger partial charge in [-0.05, 0) is 35.2 Å². The van der Waals surface area contributed by atoms with Crippen LogP contribution in [0.5, 0.6) is 0 Å². The molecule has 1 saturated heterocycles.